The van der Waals surface area contributed by atoms with Crippen molar-refractivity contribution in [1.82, 2.24) is 0 Å². The van der Waals surface area contributed by atoms with Crippen molar-refractivity contribution in [2.75, 3.05) is 13.2 Å². The summed E-state index contributed by atoms with van der Waals surface area (Å²) in [4.78, 5) is 10.6. The Morgan fingerprint density at radius 2 is 1.86 bits per heavy atom. The molecule has 0 heterocycles. The molecule has 0 radical (unpaired) electrons. The molecule has 3 rings (SSSR count). The average molecular weight is 419 g/mol. The highest BCUT2D eigenvalue weighted by Gasteiger charge is 2.19. The van der Waals surface area contributed by atoms with Crippen LogP contribution in [0.4, 0.5) is 0 Å². The van der Waals surface area contributed by atoms with Crippen molar-refractivity contribution in [1.29, 1.82) is 0 Å². The summed E-state index contributed by atoms with van der Waals surface area (Å²) in [5, 5.41) is 8.14. The maximum Gasteiger partial charge on any atom is 0.157 e. The number of para-hydroxylation sites is 1. The van der Waals surface area contributed by atoms with E-state index in [9.17, 15) is 0 Å². The third-order valence-electron chi connectivity index (χ3n) is 4.06. The van der Waals surface area contributed by atoms with Crippen molar-refractivity contribution in [2.45, 2.75) is 19.3 Å². The Balaban J connectivity index is 1.58. The number of oxime groups is 2. The number of benzene rings is 2. The van der Waals surface area contributed by atoms with E-state index in [1.807, 2.05) is 48.5 Å². The summed E-state index contributed by atoms with van der Waals surface area (Å²) in [6.45, 7) is 0.542. The van der Waals surface area contributed by atoms with Gasteiger partial charge in [0.25, 0.3) is 0 Å². The normalized spacial score (nSPS) is 14.6. The monoisotopic (exact) mass is 418 g/mol. The minimum atomic E-state index is 0.193. The molecule has 2 aromatic rings. The predicted octanol–water partition coefficient (Wildman–Crippen LogP) is 5.51. The summed E-state index contributed by atoms with van der Waals surface area (Å²) in [7, 11) is 0. The first-order valence-corrected chi connectivity index (χ1v) is 9.68. The van der Waals surface area contributed by atoms with Crippen LogP contribution in [0.15, 0.2) is 69.4 Å². The van der Waals surface area contributed by atoms with Crippen molar-refractivity contribution < 1.29 is 14.4 Å². The van der Waals surface area contributed by atoms with Gasteiger partial charge in [-0.25, -0.2) is 0 Å². The minimum Gasteiger partial charge on any atom is -0.489 e. The van der Waals surface area contributed by atoms with E-state index in [1.54, 1.807) is 6.08 Å². The summed E-state index contributed by atoms with van der Waals surface area (Å²) >= 11 is 11.3. The van der Waals surface area contributed by atoms with Crippen LogP contribution < -0.4 is 9.57 Å². The molecular weight excluding hydrogens is 399 g/mol. The number of ether oxygens (including phenoxy) is 1. The molecule has 0 bridgehead atoms. The lowest BCUT2D eigenvalue weighted by Crippen LogP contribution is -2.14. The van der Waals surface area contributed by atoms with Crippen molar-refractivity contribution >= 4 is 35.1 Å². The first kappa shape index (κ1) is 20.2. The van der Waals surface area contributed by atoms with Gasteiger partial charge in [0.15, 0.2) is 12.4 Å². The lowest BCUT2D eigenvalue weighted by molar-refractivity contribution is 0.184. The molecule has 146 valence electrons. The van der Waals surface area contributed by atoms with Gasteiger partial charge >= 0.3 is 0 Å². The zero-order valence-corrected chi connectivity index (χ0v) is 16.7. The summed E-state index contributed by atoms with van der Waals surface area (Å²) in [6.07, 6.45) is 5.90. The highest BCUT2D eigenvalue weighted by atomic mass is 35.5. The maximum absolute atomic E-state index is 5.78. The molecular formula is C21H20Cl2N2O3. The second kappa shape index (κ2) is 10.7. The van der Waals surface area contributed by atoms with Gasteiger partial charge in [-0.05, 0) is 43.5 Å². The van der Waals surface area contributed by atoms with E-state index in [2.05, 4.69) is 10.3 Å². The van der Waals surface area contributed by atoms with Crippen LogP contribution >= 0.6 is 23.2 Å². The Morgan fingerprint density at radius 1 is 1.00 bits per heavy atom. The molecule has 0 aromatic heterocycles. The Labute approximate surface area is 174 Å². The molecule has 7 heteroatoms. The van der Waals surface area contributed by atoms with Gasteiger partial charge < -0.3 is 14.4 Å². The standard InChI is InChI=1S/C21H20Cl2N2O3/c22-21(23)12-14-26-20-11-5-8-17-18(20)9-4-10-19(17)25-27-15-13-24-28-16-6-2-1-3-7-16/h1-3,5-8,11-13H,4,9-10,14-15H2/b24-13+,25-19+. The van der Waals surface area contributed by atoms with Gasteiger partial charge in [0.05, 0.1) is 11.9 Å². The van der Waals surface area contributed by atoms with E-state index in [-0.39, 0.29) is 11.1 Å². The number of hydrogen-bond donors (Lipinski definition) is 0. The smallest absolute Gasteiger partial charge is 0.157 e. The highest BCUT2D eigenvalue weighted by molar-refractivity contribution is 6.55. The summed E-state index contributed by atoms with van der Waals surface area (Å²) in [5.74, 6) is 1.48. The summed E-state index contributed by atoms with van der Waals surface area (Å²) < 4.78 is 5.98. The van der Waals surface area contributed by atoms with Crippen LogP contribution in [-0.2, 0) is 11.3 Å². The van der Waals surface area contributed by atoms with Gasteiger partial charge in [0.1, 0.15) is 16.8 Å². The number of nitrogens with zero attached hydrogens (tertiary/aromatic N) is 2. The number of hydrogen-bond acceptors (Lipinski definition) is 5. The van der Waals surface area contributed by atoms with Crippen molar-refractivity contribution in [3.8, 4) is 11.5 Å². The largest absolute Gasteiger partial charge is 0.489 e. The van der Waals surface area contributed by atoms with Gasteiger partial charge in [-0.3, -0.25) is 0 Å². The molecule has 0 unspecified atom stereocenters. The van der Waals surface area contributed by atoms with E-state index in [0.29, 0.717) is 12.4 Å². The van der Waals surface area contributed by atoms with Crippen LogP contribution in [0.2, 0.25) is 0 Å². The third-order valence-corrected chi connectivity index (χ3v) is 4.37. The Bertz CT molecular complexity index is 863. The fourth-order valence-corrected chi connectivity index (χ4v) is 2.97. The van der Waals surface area contributed by atoms with E-state index >= 15 is 0 Å². The minimum absolute atomic E-state index is 0.193. The molecule has 1 aliphatic carbocycles. The van der Waals surface area contributed by atoms with Gasteiger partial charge in [-0.15, -0.1) is 0 Å². The van der Waals surface area contributed by atoms with Gasteiger partial charge in [0, 0.05) is 11.1 Å². The SMILES string of the molecule is ClC(Cl)=CCOc1cccc2c1CCC/C2=N\OC/C=N/Oc1ccccc1. The Hall–Kier alpha value is -2.50. The molecule has 0 atom stereocenters. The van der Waals surface area contributed by atoms with Crippen LogP contribution in [0, 0.1) is 0 Å². The molecule has 0 aliphatic heterocycles. The zero-order chi connectivity index (χ0) is 19.6. The molecule has 0 saturated heterocycles. The molecule has 2 aromatic carbocycles. The topological polar surface area (TPSA) is 52.4 Å². The maximum atomic E-state index is 5.78. The first-order chi connectivity index (χ1) is 13.7. The van der Waals surface area contributed by atoms with E-state index in [1.165, 1.54) is 6.21 Å². The Kier molecular flexibility index (Phi) is 7.76. The van der Waals surface area contributed by atoms with Gasteiger partial charge in [-0.1, -0.05) is 63.8 Å². The average Bonchev–Trinajstić information content (AvgIpc) is 2.71. The molecule has 0 amide bonds. The second-order valence-corrected chi connectivity index (χ2v) is 6.97. The molecule has 0 spiro atoms. The molecule has 5 nitrogen and oxygen atoms in total. The van der Waals surface area contributed by atoms with Crippen LogP contribution in [0.1, 0.15) is 24.0 Å². The number of halogens is 2. The number of fused-ring (bicyclic) bond motifs is 1. The highest BCUT2D eigenvalue weighted by Crippen LogP contribution is 2.30. The molecule has 1 aliphatic rings. The molecule has 0 saturated carbocycles. The molecule has 0 N–H and O–H groups in total. The van der Waals surface area contributed by atoms with E-state index in [0.717, 1.165) is 41.9 Å². The summed E-state index contributed by atoms with van der Waals surface area (Å²) in [6, 6.07) is 15.2. The molecule has 28 heavy (non-hydrogen) atoms. The summed E-state index contributed by atoms with van der Waals surface area (Å²) in [5.41, 5.74) is 3.06. The van der Waals surface area contributed by atoms with E-state index in [4.69, 9.17) is 37.6 Å². The predicted molar refractivity (Wildman–Crippen MR) is 113 cm³/mol. The zero-order valence-electron chi connectivity index (χ0n) is 15.2. The number of rotatable bonds is 8. The van der Waals surface area contributed by atoms with Crippen LogP contribution in [0.25, 0.3) is 0 Å². The quantitative estimate of drug-likeness (QED) is 0.322. The van der Waals surface area contributed by atoms with Crippen LogP contribution in [-0.4, -0.2) is 25.1 Å². The Morgan fingerprint density at radius 3 is 2.68 bits per heavy atom. The second-order valence-electron chi connectivity index (χ2n) is 5.97. The fraction of sp³-hybridized carbons (Fsp3) is 0.238. The lowest BCUT2D eigenvalue weighted by Gasteiger charge is -2.20. The van der Waals surface area contributed by atoms with Gasteiger partial charge in [0.2, 0.25) is 0 Å². The first-order valence-electron chi connectivity index (χ1n) is 8.93. The van der Waals surface area contributed by atoms with E-state index < -0.39 is 0 Å². The van der Waals surface area contributed by atoms with Crippen LogP contribution in [0.3, 0.4) is 0 Å². The van der Waals surface area contributed by atoms with Gasteiger partial charge in [-0.2, -0.15) is 0 Å². The van der Waals surface area contributed by atoms with Crippen molar-refractivity contribution in [3.63, 3.8) is 0 Å². The fourth-order valence-electron chi connectivity index (χ4n) is 2.84. The molecule has 0 fully saturated rings. The third kappa shape index (κ3) is 6.01. The van der Waals surface area contributed by atoms with Crippen molar-refractivity contribution in [2.24, 2.45) is 10.3 Å². The van der Waals surface area contributed by atoms with Crippen molar-refractivity contribution in [3.05, 3.63) is 70.2 Å². The van der Waals surface area contributed by atoms with Crippen LogP contribution in [0.5, 0.6) is 11.5 Å². The lowest BCUT2D eigenvalue weighted by atomic mass is 9.89.